The van der Waals surface area contributed by atoms with E-state index >= 15 is 0 Å². The zero-order valence-electron chi connectivity index (χ0n) is 9.29. The highest BCUT2D eigenvalue weighted by Gasteiger charge is 2.15. The molecule has 0 aromatic carbocycles. The minimum Gasteiger partial charge on any atom is -0.469 e. The molecule has 0 aliphatic rings. The highest BCUT2D eigenvalue weighted by atomic mass is 16.5. The van der Waals surface area contributed by atoms with E-state index in [4.69, 9.17) is 0 Å². The van der Waals surface area contributed by atoms with E-state index in [0.29, 0.717) is 6.42 Å². The summed E-state index contributed by atoms with van der Waals surface area (Å²) in [6, 6.07) is 0. The van der Waals surface area contributed by atoms with Gasteiger partial charge in [-0.3, -0.25) is 9.59 Å². The van der Waals surface area contributed by atoms with E-state index in [2.05, 4.69) is 4.74 Å². The minimum absolute atomic E-state index is 0.0802. The molecule has 14 heavy (non-hydrogen) atoms. The highest BCUT2D eigenvalue weighted by molar-refractivity contribution is 5.86. The van der Waals surface area contributed by atoms with Crippen molar-refractivity contribution in [3.05, 3.63) is 11.6 Å². The van der Waals surface area contributed by atoms with Crippen LogP contribution in [0.5, 0.6) is 0 Å². The molecule has 0 aliphatic heterocycles. The molecule has 0 aromatic rings. The number of carbonyl (C=O) groups is 2. The zero-order valence-corrected chi connectivity index (χ0v) is 9.29. The molecule has 0 spiro atoms. The maximum absolute atomic E-state index is 11.4. The van der Waals surface area contributed by atoms with Crippen molar-refractivity contribution in [2.24, 2.45) is 5.92 Å². The molecule has 0 amide bonds. The van der Waals surface area contributed by atoms with Gasteiger partial charge >= 0.3 is 5.97 Å². The smallest absolute Gasteiger partial charge is 0.306 e. The monoisotopic (exact) mass is 198 g/mol. The predicted molar refractivity (Wildman–Crippen MR) is 54.9 cm³/mol. The molecule has 0 radical (unpaired) electrons. The second-order valence-electron chi connectivity index (χ2n) is 3.63. The summed E-state index contributed by atoms with van der Waals surface area (Å²) in [5, 5.41) is 0. The number of methoxy groups -OCH3 is 1. The lowest BCUT2D eigenvalue weighted by molar-refractivity contribution is -0.143. The fraction of sp³-hybridized carbons (Fsp3) is 0.636. The summed E-state index contributed by atoms with van der Waals surface area (Å²) in [5.41, 5.74) is 1.11. The third-order valence-corrected chi connectivity index (χ3v) is 1.96. The van der Waals surface area contributed by atoms with Crippen molar-refractivity contribution >= 4 is 11.8 Å². The molecule has 3 heteroatoms. The van der Waals surface area contributed by atoms with Crippen molar-refractivity contribution in [3.63, 3.8) is 0 Å². The Labute approximate surface area is 85.1 Å². The van der Waals surface area contributed by atoms with E-state index in [1.807, 2.05) is 19.9 Å². The Morgan fingerprint density at radius 1 is 1.36 bits per heavy atom. The summed E-state index contributed by atoms with van der Waals surface area (Å²) < 4.78 is 4.49. The summed E-state index contributed by atoms with van der Waals surface area (Å²) in [6.45, 7) is 5.63. The maximum Gasteiger partial charge on any atom is 0.306 e. The van der Waals surface area contributed by atoms with E-state index < -0.39 is 0 Å². The fourth-order valence-corrected chi connectivity index (χ4v) is 0.953. The van der Waals surface area contributed by atoms with Crippen LogP contribution in [0.15, 0.2) is 11.6 Å². The van der Waals surface area contributed by atoms with Crippen molar-refractivity contribution < 1.29 is 14.3 Å². The minimum atomic E-state index is -0.331. The number of ketones is 1. The van der Waals surface area contributed by atoms with E-state index in [9.17, 15) is 9.59 Å². The van der Waals surface area contributed by atoms with Crippen molar-refractivity contribution in [2.75, 3.05) is 7.11 Å². The summed E-state index contributed by atoms with van der Waals surface area (Å²) >= 11 is 0. The van der Waals surface area contributed by atoms with Crippen LogP contribution in [0.1, 0.15) is 33.6 Å². The van der Waals surface area contributed by atoms with E-state index in [1.54, 1.807) is 6.92 Å². The van der Waals surface area contributed by atoms with Crippen LogP contribution in [-0.2, 0) is 14.3 Å². The molecular formula is C11H18O3. The normalized spacial score (nSPS) is 11.7. The SMILES string of the molecule is COC(=O)CC(C)C(=O)CC=C(C)C. The van der Waals surface area contributed by atoms with Crippen LogP contribution in [0.25, 0.3) is 0 Å². The number of allylic oxidation sites excluding steroid dienone is 2. The second-order valence-corrected chi connectivity index (χ2v) is 3.63. The van der Waals surface area contributed by atoms with Gasteiger partial charge in [0.15, 0.2) is 0 Å². The molecule has 1 atom stereocenters. The molecule has 0 fully saturated rings. The van der Waals surface area contributed by atoms with Gasteiger partial charge in [-0.05, 0) is 13.8 Å². The Morgan fingerprint density at radius 3 is 2.36 bits per heavy atom. The standard InChI is InChI=1S/C11H18O3/c1-8(2)5-6-10(12)9(3)7-11(13)14-4/h5,9H,6-7H2,1-4H3. The Kier molecular flexibility index (Phi) is 5.84. The number of ether oxygens (including phenoxy) is 1. The first-order chi connectivity index (χ1) is 6.47. The summed E-state index contributed by atoms with van der Waals surface area (Å²) in [5.74, 6) is -0.502. The van der Waals surface area contributed by atoms with Gasteiger partial charge in [0.25, 0.3) is 0 Å². The largest absolute Gasteiger partial charge is 0.469 e. The van der Waals surface area contributed by atoms with Crippen LogP contribution < -0.4 is 0 Å². The topological polar surface area (TPSA) is 43.4 Å². The molecule has 0 rings (SSSR count). The van der Waals surface area contributed by atoms with Gasteiger partial charge in [-0.2, -0.15) is 0 Å². The van der Waals surface area contributed by atoms with Gasteiger partial charge in [0.2, 0.25) is 0 Å². The first-order valence-corrected chi connectivity index (χ1v) is 4.70. The van der Waals surface area contributed by atoms with E-state index in [-0.39, 0.29) is 24.1 Å². The molecule has 1 unspecified atom stereocenters. The first kappa shape index (κ1) is 12.9. The molecule has 0 aliphatic carbocycles. The molecule has 0 saturated heterocycles. The van der Waals surface area contributed by atoms with Gasteiger partial charge < -0.3 is 4.74 Å². The average molecular weight is 198 g/mol. The third kappa shape index (κ3) is 5.51. The van der Waals surface area contributed by atoms with Crippen molar-refractivity contribution in [1.29, 1.82) is 0 Å². The Morgan fingerprint density at radius 2 is 1.93 bits per heavy atom. The van der Waals surface area contributed by atoms with Crippen molar-refractivity contribution in [2.45, 2.75) is 33.6 Å². The molecule has 3 nitrogen and oxygen atoms in total. The van der Waals surface area contributed by atoms with Gasteiger partial charge in [0.05, 0.1) is 13.5 Å². The van der Waals surface area contributed by atoms with Gasteiger partial charge in [0, 0.05) is 12.3 Å². The van der Waals surface area contributed by atoms with Crippen molar-refractivity contribution in [3.8, 4) is 0 Å². The lowest BCUT2D eigenvalue weighted by Crippen LogP contribution is -2.15. The van der Waals surface area contributed by atoms with Crippen LogP contribution in [-0.4, -0.2) is 18.9 Å². The molecule has 0 heterocycles. The van der Waals surface area contributed by atoms with Gasteiger partial charge in [-0.15, -0.1) is 0 Å². The Hall–Kier alpha value is -1.12. The Bertz CT molecular complexity index is 237. The number of carbonyl (C=O) groups excluding carboxylic acids is 2. The van der Waals surface area contributed by atoms with E-state index in [0.717, 1.165) is 5.57 Å². The lowest BCUT2D eigenvalue weighted by Gasteiger charge is -2.06. The number of Topliss-reactive ketones (excluding diaryl/α,β-unsaturated/α-hetero) is 1. The molecular weight excluding hydrogens is 180 g/mol. The number of hydrogen-bond donors (Lipinski definition) is 0. The Balaban J connectivity index is 4.00. The third-order valence-electron chi connectivity index (χ3n) is 1.96. The second kappa shape index (κ2) is 6.35. The zero-order chi connectivity index (χ0) is 11.1. The molecule has 0 N–H and O–H groups in total. The van der Waals surface area contributed by atoms with Gasteiger partial charge in [-0.25, -0.2) is 0 Å². The maximum atomic E-state index is 11.4. The van der Waals surface area contributed by atoms with Crippen LogP contribution in [0.4, 0.5) is 0 Å². The van der Waals surface area contributed by atoms with Crippen LogP contribution in [0.2, 0.25) is 0 Å². The van der Waals surface area contributed by atoms with Gasteiger partial charge in [-0.1, -0.05) is 18.6 Å². The quantitative estimate of drug-likeness (QED) is 0.502. The fourth-order valence-electron chi connectivity index (χ4n) is 0.953. The number of rotatable bonds is 5. The summed E-state index contributed by atoms with van der Waals surface area (Å²) in [7, 11) is 1.33. The first-order valence-electron chi connectivity index (χ1n) is 4.70. The molecule has 0 saturated carbocycles. The molecule has 0 aromatic heterocycles. The summed E-state index contributed by atoms with van der Waals surface area (Å²) in [6.07, 6.45) is 2.45. The van der Waals surface area contributed by atoms with Crippen LogP contribution in [0.3, 0.4) is 0 Å². The lowest BCUT2D eigenvalue weighted by atomic mass is 9.99. The van der Waals surface area contributed by atoms with Crippen molar-refractivity contribution in [1.82, 2.24) is 0 Å². The van der Waals surface area contributed by atoms with Crippen LogP contribution in [0, 0.1) is 5.92 Å². The predicted octanol–water partition coefficient (Wildman–Crippen LogP) is 2.11. The number of esters is 1. The van der Waals surface area contributed by atoms with E-state index in [1.165, 1.54) is 7.11 Å². The van der Waals surface area contributed by atoms with Crippen LogP contribution >= 0.6 is 0 Å². The summed E-state index contributed by atoms with van der Waals surface area (Å²) in [4.78, 5) is 22.3. The molecule has 80 valence electrons. The highest BCUT2D eigenvalue weighted by Crippen LogP contribution is 2.08. The average Bonchev–Trinajstić information content (AvgIpc) is 2.13. The van der Waals surface area contributed by atoms with Gasteiger partial charge in [0.1, 0.15) is 5.78 Å². The number of hydrogen-bond acceptors (Lipinski definition) is 3. The molecule has 0 bridgehead atoms.